The Hall–Kier alpha value is -1.59. The number of anilines is 1. The average Bonchev–Trinajstić information content (AvgIpc) is 2.27. The summed E-state index contributed by atoms with van der Waals surface area (Å²) in [5.74, 6) is -6.59. The largest absolute Gasteiger partial charge is 0.384 e. The zero-order valence-corrected chi connectivity index (χ0v) is 9.25. The van der Waals surface area contributed by atoms with Crippen LogP contribution in [0.25, 0.3) is 0 Å². The molecule has 0 N–H and O–H groups in total. The molecule has 0 saturated heterocycles. The normalized spacial score (nSPS) is 11.7. The van der Waals surface area contributed by atoms with Crippen molar-refractivity contribution in [2.75, 3.05) is 11.9 Å². The van der Waals surface area contributed by atoms with Gasteiger partial charge >= 0.3 is 18.3 Å². The molecule has 0 atom stereocenters. The summed E-state index contributed by atoms with van der Waals surface area (Å²) in [6, 6.07) is 6.02. The van der Waals surface area contributed by atoms with Gasteiger partial charge in [-0.3, -0.25) is 4.79 Å². The van der Waals surface area contributed by atoms with E-state index in [9.17, 15) is 22.4 Å². The Morgan fingerprint density at radius 1 is 1.24 bits per heavy atom. The van der Waals surface area contributed by atoms with Crippen LogP contribution < -0.4 is 4.90 Å². The third kappa shape index (κ3) is 2.75. The summed E-state index contributed by atoms with van der Waals surface area (Å²) in [7, 11) is 1.03. The zero-order valence-electron chi connectivity index (χ0n) is 9.25. The third-order valence-electron chi connectivity index (χ3n) is 2.29. The lowest BCUT2D eigenvalue weighted by Crippen LogP contribution is -2.46. The van der Waals surface area contributed by atoms with Gasteiger partial charge in [0.2, 0.25) is 0 Å². The lowest BCUT2D eigenvalue weighted by molar-refractivity contribution is -0.166. The van der Waals surface area contributed by atoms with Crippen molar-refractivity contribution in [3.05, 3.63) is 29.8 Å². The van der Waals surface area contributed by atoms with Gasteiger partial charge in [-0.15, -0.1) is 0 Å². The van der Waals surface area contributed by atoms with Gasteiger partial charge in [-0.25, -0.2) is 8.78 Å². The number of hydrogen-bond acceptors (Lipinski definition) is 1. The van der Waals surface area contributed by atoms with Crippen molar-refractivity contribution < 1.29 is 22.4 Å². The summed E-state index contributed by atoms with van der Waals surface area (Å²) >= 11 is 0. The molecule has 0 aliphatic heterocycles. The van der Waals surface area contributed by atoms with Crippen LogP contribution in [0.5, 0.6) is 0 Å². The van der Waals surface area contributed by atoms with Crippen molar-refractivity contribution in [1.29, 1.82) is 0 Å². The SMILES string of the molecule is Cc1ccc(N(C)C(=O)C(F)(F)C(F)F)cc1. The molecule has 0 aromatic heterocycles. The van der Waals surface area contributed by atoms with Crippen LogP contribution in [0.15, 0.2) is 24.3 Å². The fraction of sp³-hybridized carbons (Fsp3) is 0.364. The fourth-order valence-electron chi connectivity index (χ4n) is 1.20. The van der Waals surface area contributed by atoms with E-state index in [0.29, 0.717) is 4.90 Å². The molecule has 94 valence electrons. The van der Waals surface area contributed by atoms with E-state index in [2.05, 4.69) is 0 Å². The fourth-order valence-corrected chi connectivity index (χ4v) is 1.20. The Morgan fingerprint density at radius 3 is 2.12 bits per heavy atom. The van der Waals surface area contributed by atoms with Gasteiger partial charge in [-0.05, 0) is 19.1 Å². The summed E-state index contributed by atoms with van der Waals surface area (Å²) in [5.41, 5.74) is 1.01. The molecule has 17 heavy (non-hydrogen) atoms. The highest BCUT2D eigenvalue weighted by Gasteiger charge is 2.50. The first-order valence-electron chi connectivity index (χ1n) is 4.77. The Bertz CT molecular complexity index is 402. The second kappa shape index (κ2) is 4.73. The highest BCUT2D eigenvalue weighted by Crippen LogP contribution is 2.27. The summed E-state index contributed by atoms with van der Waals surface area (Å²) < 4.78 is 49.6. The van der Waals surface area contributed by atoms with Crippen LogP contribution in [-0.4, -0.2) is 25.3 Å². The first-order chi connectivity index (χ1) is 7.76. The molecule has 1 aromatic carbocycles. The quantitative estimate of drug-likeness (QED) is 0.754. The number of carbonyl (C=O) groups is 1. The molecule has 0 bridgehead atoms. The van der Waals surface area contributed by atoms with Gasteiger partial charge in [0.15, 0.2) is 0 Å². The number of benzene rings is 1. The van der Waals surface area contributed by atoms with Gasteiger partial charge in [0, 0.05) is 12.7 Å². The summed E-state index contributed by atoms with van der Waals surface area (Å²) in [6.07, 6.45) is -4.01. The molecule has 1 rings (SSSR count). The number of aryl methyl sites for hydroxylation is 1. The number of rotatable bonds is 3. The van der Waals surface area contributed by atoms with E-state index < -0.39 is 18.3 Å². The van der Waals surface area contributed by atoms with Crippen LogP contribution in [0.2, 0.25) is 0 Å². The maximum Gasteiger partial charge on any atom is 0.384 e. The second-order valence-corrected chi connectivity index (χ2v) is 3.62. The van der Waals surface area contributed by atoms with Crippen molar-refractivity contribution in [3.8, 4) is 0 Å². The predicted molar refractivity (Wildman–Crippen MR) is 55.5 cm³/mol. The number of amides is 1. The summed E-state index contributed by atoms with van der Waals surface area (Å²) in [4.78, 5) is 11.7. The summed E-state index contributed by atoms with van der Waals surface area (Å²) in [5, 5.41) is 0. The monoisotopic (exact) mass is 249 g/mol. The second-order valence-electron chi connectivity index (χ2n) is 3.62. The molecule has 0 radical (unpaired) electrons. The van der Waals surface area contributed by atoms with E-state index in [1.807, 2.05) is 0 Å². The number of hydrogen-bond donors (Lipinski definition) is 0. The smallest absolute Gasteiger partial charge is 0.310 e. The van der Waals surface area contributed by atoms with E-state index >= 15 is 0 Å². The van der Waals surface area contributed by atoms with Gasteiger partial charge in [0.1, 0.15) is 0 Å². The molecule has 0 aliphatic carbocycles. The lowest BCUT2D eigenvalue weighted by Gasteiger charge is -2.22. The molecule has 0 heterocycles. The Kier molecular flexibility index (Phi) is 3.75. The maximum absolute atomic E-state index is 12.8. The Balaban J connectivity index is 2.94. The van der Waals surface area contributed by atoms with Gasteiger partial charge in [0.25, 0.3) is 0 Å². The molecule has 6 heteroatoms. The minimum absolute atomic E-state index is 0.140. The van der Waals surface area contributed by atoms with Gasteiger partial charge in [-0.2, -0.15) is 8.78 Å². The van der Waals surface area contributed by atoms with Crippen LogP contribution in [0.4, 0.5) is 23.2 Å². The van der Waals surface area contributed by atoms with Crippen molar-refractivity contribution in [2.45, 2.75) is 19.3 Å². The molecule has 1 aromatic rings. The van der Waals surface area contributed by atoms with Gasteiger partial charge < -0.3 is 4.90 Å². The van der Waals surface area contributed by atoms with Crippen molar-refractivity contribution in [3.63, 3.8) is 0 Å². The summed E-state index contributed by atoms with van der Waals surface area (Å²) in [6.45, 7) is 1.78. The Morgan fingerprint density at radius 2 is 1.71 bits per heavy atom. The number of nitrogens with zero attached hydrogens (tertiary/aromatic N) is 1. The molecular formula is C11H11F4NO. The van der Waals surface area contributed by atoms with Crippen LogP contribution in [-0.2, 0) is 4.79 Å². The minimum atomic E-state index is -4.67. The van der Waals surface area contributed by atoms with Crippen LogP contribution in [0.3, 0.4) is 0 Å². The average molecular weight is 249 g/mol. The Labute approximate surface area is 95.8 Å². The van der Waals surface area contributed by atoms with Gasteiger partial charge in [0.05, 0.1) is 0 Å². The molecule has 2 nitrogen and oxygen atoms in total. The molecule has 0 fully saturated rings. The van der Waals surface area contributed by atoms with Crippen molar-refractivity contribution in [2.24, 2.45) is 0 Å². The van der Waals surface area contributed by atoms with Crippen LogP contribution in [0, 0.1) is 6.92 Å². The molecule has 0 spiro atoms. The lowest BCUT2D eigenvalue weighted by atomic mass is 10.2. The number of halogens is 4. The van der Waals surface area contributed by atoms with E-state index in [1.54, 1.807) is 19.1 Å². The van der Waals surface area contributed by atoms with Crippen LogP contribution in [0.1, 0.15) is 5.56 Å². The van der Waals surface area contributed by atoms with Crippen LogP contribution >= 0.6 is 0 Å². The highest BCUT2D eigenvalue weighted by molar-refractivity contribution is 5.98. The van der Waals surface area contributed by atoms with E-state index in [0.717, 1.165) is 12.6 Å². The maximum atomic E-state index is 12.8. The van der Waals surface area contributed by atoms with Crippen molar-refractivity contribution in [1.82, 2.24) is 0 Å². The third-order valence-corrected chi connectivity index (χ3v) is 2.29. The highest BCUT2D eigenvalue weighted by atomic mass is 19.3. The first kappa shape index (κ1) is 13.5. The van der Waals surface area contributed by atoms with Gasteiger partial charge in [-0.1, -0.05) is 17.7 Å². The molecule has 1 amide bonds. The molecule has 0 aliphatic rings. The first-order valence-corrected chi connectivity index (χ1v) is 4.77. The zero-order chi connectivity index (χ0) is 13.2. The number of alkyl halides is 4. The standard InChI is InChI=1S/C11H11F4NO/c1-7-3-5-8(6-4-7)16(2)10(17)11(14,15)9(12)13/h3-6,9H,1-2H3. The van der Waals surface area contributed by atoms with E-state index in [1.165, 1.54) is 12.1 Å². The minimum Gasteiger partial charge on any atom is -0.310 e. The van der Waals surface area contributed by atoms with E-state index in [-0.39, 0.29) is 5.69 Å². The predicted octanol–water partition coefficient (Wildman–Crippen LogP) is 2.86. The topological polar surface area (TPSA) is 20.3 Å². The molecular weight excluding hydrogens is 238 g/mol. The van der Waals surface area contributed by atoms with E-state index in [4.69, 9.17) is 0 Å². The van der Waals surface area contributed by atoms with Crippen molar-refractivity contribution >= 4 is 11.6 Å². The molecule has 0 unspecified atom stereocenters. The molecule has 0 saturated carbocycles. The number of carbonyl (C=O) groups excluding carboxylic acids is 1.